The van der Waals surface area contributed by atoms with E-state index in [-0.39, 0.29) is 25.5 Å². The number of nitrogens with one attached hydrogen (secondary N) is 1. The zero-order valence-corrected chi connectivity index (χ0v) is 25.7. The minimum absolute atomic E-state index is 0.182. The number of aromatic nitrogens is 1. The Labute approximate surface area is 268 Å². The third-order valence-electron chi connectivity index (χ3n) is 7.49. The molecule has 4 aromatic rings. The Balaban J connectivity index is 1.10. The molecule has 10 heteroatoms. The predicted octanol–water partition coefficient (Wildman–Crippen LogP) is 5.62. The molecule has 1 aliphatic heterocycles. The smallest absolute Gasteiger partial charge is 0.326 e. The number of nitrogens with zero attached hydrogens (tertiary/aromatic N) is 1. The molecule has 1 aromatic heterocycles. The van der Waals surface area contributed by atoms with Gasteiger partial charge in [0.15, 0.2) is 11.5 Å². The Hall–Kier alpha value is -5.09. The number of hydrogen-bond donors (Lipinski definition) is 3. The summed E-state index contributed by atoms with van der Waals surface area (Å²) < 4.78 is 22.7. The van der Waals surface area contributed by atoms with Gasteiger partial charge in [-0.15, -0.1) is 0 Å². The fraction of sp³-hybridized carbons (Fsp3) is 0.306. The molecule has 0 saturated heterocycles. The number of unbranched alkanes of at least 4 members (excludes halogenated alkanes) is 2. The molecule has 0 aliphatic carbocycles. The number of carboxylic acids is 1. The average molecular weight is 626 g/mol. The van der Waals surface area contributed by atoms with E-state index < -0.39 is 12.0 Å². The lowest BCUT2D eigenvalue weighted by molar-refractivity contribution is -0.141. The summed E-state index contributed by atoms with van der Waals surface area (Å²) in [7, 11) is 0. The number of ether oxygens (including phenoxy) is 4. The fourth-order valence-corrected chi connectivity index (χ4v) is 5.02. The van der Waals surface area contributed by atoms with Gasteiger partial charge in [0, 0.05) is 24.5 Å². The van der Waals surface area contributed by atoms with Gasteiger partial charge in [-0.25, -0.2) is 9.78 Å². The maximum Gasteiger partial charge on any atom is 0.326 e. The van der Waals surface area contributed by atoms with Gasteiger partial charge in [0.1, 0.15) is 11.8 Å². The fourth-order valence-electron chi connectivity index (χ4n) is 5.02. The van der Waals surface area contributed by atoms with Crippen molar-refractivity contribution in [2.45, 2.75) is 44.6 Å². The van der Waals surface area contributed by atoms with Crippen molar-refractivity contribution in [2.75, 3.05) is 26.6 Å². The molecule has 0 fully saturated rings. The molecule has 3 aromatic carbocycles. The van der Waals surface area contributed by atoms with Gasteiger partial charge < -0.3 is 35.1 Å². The molecule has 0 spiro atoms. The van der Waals surface area contributed by atoms with Crippen molar-refractivity contribution in [1.82, 2.24) is 10.3 Å². The summed E-state index contributed by atoms with van der Waals surface area (Å²) in [5.41, 5.74) is 9.95. The number of carbonyl (C=O) groups is 2. The Morgan fingerprint density at radius 2 is 1.61 bits per heavy atom. The summed E-state index contributed by atoms with van der Waals surface area (Å²) in [5.74, 6) is 1.26. The van der Waals surface area contributed by atoms with Crippen molar-refractivity contribution in [3.63, 3.8) is 0 Å². The van der Waals surface area contributed by atoms with Crippen molar-refractivity contribution in [2.24, 2.45) is 5.73 Å². The van der Waals surface area contributed by atoms with Crippen LogP contribution in [0.2, 0.25) is 0 Å². The molecule has 1 amide bonds. The van der Waals surface area contributed by atoms with Crippen LogP contribution in [0.4, 0.5) is 0 Å². The van der Waals surface area contributed by atoms with E-state index in [2.05, 4.69) is 5.32 Å². The number of benzene rings is 3. The lowest BCUT2D eigenvalue weighted by Crippen LogP contribution is -2.42. The second-order valence-corrected chi connectivity index (χ2v) is 11.0. The van der Waals surface area contributed by atoms with Gasteiger partial charge in [0.05, 0.1) is 18.9 Å². The molecule has 1 atom stereocenters. The summed E-state index contributed by atoms with van der Waals surface area (Å²) >= 11 is 0. The third-order valence-corrected chi connectivity index (χ3v) is 7.49. The Morgan fingerprint density at radius 1 is 0.826 bits per heavy atom. The summed E-state index contributed by atoms with van der Waals surface area (Å²) in [6, 6.07) is 25.9. The molecule has 0 saturated carbocycles. The molecule has 5 rings (SSSR count). The van der Waals surface area contributed by atoms with E-state index in [0.29, 0.717) is 50.0 Å². The minimum atomic E-state index is -1.07. The number of fused-ring (bicyclic) bond motifs is 1. The molecule has 0 radical (unpaired) electrons. The number of carboxylic acid groups (broad SMARTS) is 1. The Morgan fingerprint density at radius 3 is 2.39 bits per heavy atom. The Kier molecular flexibility index (Phi) is 11.4. The van der Waals surface area contributed by atoms with E-state index in [4.69, 9.17) is 29.7 Å². The van der Waals surface area contributed by atoms with Crippen LogP contribution in [0, 0.1) is 0 Å². The quantitative estimate of drug-likeness (QED) is 0.127. The van der Waals surface area contributed by atoms with Crippen molar-refractivity contribution in [3.05, 3.63) is 90.5 Å². The predicted molar refractivity (Wildman–Crippen MR) is 174 cm³/mol. The van der Waals surface area contributed by atoms with Gasteiger partial charge in [0.25, 0.3) is 0 Å². The Bertz CT molecular complexity index is 1600. The number of aliphatic carboxylic acids is 1. The van der Waals surface area contributed by atoms with Gasteiger partial charge >= 0.3 is 5.97 Å². The standard InChI is InChI=1S/C36H39N3O7/c37-17-7-19-43-29-14-11-25(12-15-29)20-31(36(41)42)38-34(40)10-5-2-6-18-44-35-23-28(21-30(39-35)26-8-3-1-4-9-26)27-13-16-32-33(22-27)46-24-45-32/h1,3-4,8-9,11-16,21-23,31H,2,5-7,10,17-20,24,37H2,(H,38,40)(H,41,42). The van der Waals surface area contributed by atoms with Crippen molar-refractivity contribution >= 4 is 11.9 Å². The number of amides is 1. The number of carbonyl (C=O) groups excluding carboxylic acids is 1. The highest BCUT2D eigenvalue weighted by molar-refractivity contribution is 5.83. The van der Waals surface area contributed by atoms with Crippen LogP contribution in [0.1, 0.15) is 37.7 Å². The van der Waals surface area contributed by atoms with Gasteiger partial charge in [-0.05, 0) is 79.3 Å². The van der Waals surface area contributed by atoms with Crippen molar-refractivity contribution < 1.29 is 33.6 Å². The van der Waals surface area contributed by atoms with Crippen molar-refractivity contribution in [1.29, 1.82) is 0 Å². The normalized spacial score (nSPS) is 12.4. The van der Waals surface area contributed by atoms with Crippen LogP contribution in [0.5, 0.6) is 23.1 Å². The summed E-state index contributed by atoms with van der Waals surface area (Å²) in [4.78, 5) is 29.1. The van der Waals surface area contributed by atoms with Crippen LogP contribution >= 0.6 is 0 Å². The van der Waals surface area contributed by atoms with Crippen LogP contribution in [-0.2, 0) is 16.0 Å². The summed E-state index contributed by atoms with van der Waals surface area (Å²) in [6.45, 7) is 1.72. The highest BCUT2D eigenvalue weighted by Gasteiger charge is 2.20. The molecule has 1 aliphatic rings. The molecule has 1 unspecified atom stereocenters. The SMILES string of the molecule is NCCCOc1ccc(CC(NC(=O)CCCCCOc2cc(-c3ccc4c(c3)OCO4)cc(-c3ccccc3)n2)C(=O)O)cc1. The molecule has 240 valence electrons. The third kappa shape index (κ3) is 9.21. The molecular formula is C36H39N3O7. The number of nitrogens with two attached hydrogens (primary N) is 1. The highest BCUT2D eigenvalue weighted by atomic mass is 16.7. The van der Waals surface area contributed by atoms with E-state index in [0.717, 1.165) is 46.5 Å². The molecule has 10 nitrogen and oxygen atoms in total. The van der Waals surface area contributed by atoms with Crippen LogP contribution in [0.3, 0.4) is 0 Å². The van der Waals surface area contributed by atoms with Gasteiger partial charge in [-0.1, -0.05) is 48.5 Å². The number of hydrogen-bond acceptors (Lipinski definition) is 8. The van der Waals surface area contributed by atoms with Crippen LogP contribution < -0.4 is 30.0 Å². The first-order valence-corrected chi connectivity index (χ1v) is 15.5. The van der Waals surface area contributed by atoms with E-state index >= 15 is 0 Å². The molecule has 46 heavy (non-hydrogen) atoms. The average Bonchev–Trinajstić information content (AvgIpc) is 3.55. The maximum atomic E-state index is 12.6. The topological polar surface area (TPSA) is 142 Å². The monoisotopic (exact) mass is 625 g/mol. The molecule has 0 bridgehead atoms. The van der Waals surface area contributed by atoms with Gasteiger partial charge in [-0.2, -0.15) is 0 Å². The van der Waals surface area contributed by atoms with Crippen molar-refractivity contribution in [3.8, 4) is 45.5 Å². The lowest BCUT2D eigenvalue weighted by atomic mass is 10.0. The first-order valence-electron chi connectivity index (χ1n) is 15.5. The van der Waals surface area contributed by atoms with Crippen LogP contribution in [0.25, 0.3) is 22.4 Å². The van der Waals surface area contributed by atoms with Gasteiger partial charge in [-0.3, -0.25) is 4.79 Å². The van der Waals surface area contributed by atoms with Crippen LogP contribution in [-0.4, -0.2) is 54.6 Å². The zero-order valence-electron chi connectivity index (χ0n) is 25.7. The second-order valence-electron chi connectivity index (χ2n) is 11.0. The second kappa shape index (κ2) is 16.3. The van der Waals surface area contributed by atoms with E-state index in [1.54, 1.807) is 12.1 Å². The number of rotatable bonds is 17. The molecular weight excluding hydrogens is 586 g/mol. The summed E-state index contributed by atoms with van der Waals surface area (Å²) in [5, 5.41) is 12.3. The first kappa shape index (κ1) is 32.3. The lowest BCUT2D eigenvalue weighted by Gasteiger charge is -2.15. The highest BCUT2D eigenvalue weighted by Crippen LogP contribution is 2.37. The summed E-state index contributed by atoms with van der Waals surface area (Å²) in [6.07, 6.45) is 3.23. The van der Waals surface area contributed by atoms with Gasteiger partial charge in [0.2, 0.25) is 18.6 Å². The van der Waals surface area contributed by atoms with E-state index in [1.807, 2.05) is 72.8 Å². The zero-order chi connectivity index (χ0) is 32.1. The molecule has 2 heterocycles. The number of pyridine rings is 1. The largest absolute Gasteiger partial charge is 0.494 e. The maximum absolute atomic E-state index is 12.6. The molecule has 4 N–H and O–H groups in total. The van der Waals surface area contributed by atoms with E-state index in [9.17, 15) is 14.7 Å². The van der Waals surface area contributed by atoms with E-state index in [1.165, 1.54) is 0 Å². The first-order chi connectivity index (χ1) is 22.5. The minimum Gasteiger partial charge on any atom is -0.494 e. The van der Waals surface area contributed by atoms with Crippen LogP contribution in [0.15, 0.2) is 84.9 Å².